The van der Waals surface area contributed by atoms with Crippen LogP contribution in [0.15, 0.2) is 54.6 Å². The fourth-order valence-electron chi connectivity index (χ4n) is 10.5. The number of rotatable bonds is 7. The van der Waals surface area contributed by atoms with Gasteiger partial charge < -0.3 is 19.6 Å². The number of hydrogen-bond donors (Lipinski definition) is 1. The summed E-state index contributed by atoms with van der Waals surface area (Å²) >= 11 is 6.38. The average molecular weight is 835 g/mol. The third-order valence-electron chi connectivity index (χ3n) is 13.8. The van der Waals surface area contributed by atoms with E-state index >= 15 is 4.39 Å². The number of amides is 5. The first-order valence-electron chi connectivity index (χ1n) is 21.0. The standard InChI is InChI=1S/C45H48ClFN8O5/c1-28-24-45(27-54(28)32-7-8-37(48-2)35(46)21-32)12-15-51(16-13-45)31-5-3-30(4-6-31)42(58)53-14-11-29(26-53)25-50-17-19-52(20-18-50)39-23-34-33(22-36(39)47)43(59)55(44(34)60)38-9-10-40(56)49-41(38)57/h3-8,21-23,28-29,38H,9-20,24-27H2,1H3,(H,49,56,57)/t28-,29-,38?/m0/s1. The van der Waals surface area contributed by atoms with E-state index in [1.807, 2.05) is 40.1 Å². The molecule has 3 aromatic rings. The molecule has 3 atom stereocenters. The molecule has 60 heavy (non-hydrogen) atoms. The average Bonchev–Trinajstić information content (AvgIpc) is 3.91. The molecule has 0 aromatic heterocycles. The maximum absolute atomic E-state index is 15.5. The molecule has 5 amide bonds. The van der Waals surface area contributed by atoms with E-state index in [2.05, 4.69) is 43.9 Å². The Kier molecular flexibility index (Phi) is 10.5. The van der Waals surface area contributed by atoms with E-state index in [-0.39, 0.29) is 41.0 Å². The summed E-state index contributed by atoms with van der Waals surface area (Å²) in [6.45, 7) is 17.1. The number of hydrogen-bond acceptors (Lipinski definition) is 9. The minimum absolute atomic E-state index is 0.0130. The summed E-state index contributed by atoms with van der Waals surface area (Å²) in [6, 6.07) is 15.6. The Bertz CT molecular complexity index is 2300. The van der Waals surface area contributed by atoms with Gasteiger partial charge in [-0.3, -0.25) is 39.1 Å². The monoisotopic (exact) mass is 834 g/mol. The normalized spacial score (nSPS) is 24.4. The summed E-state index contributed by atoms with van der Waals surface area (Å²) < 4.78 is 15.5. The van der Waals surface area contributed by atoms with Crippen LogP contribution in [0, 0.1) is 23.7 Å². The van der Waals surface area contributed by atoms with E-state index in [9.17, 15) is 24.0 Å². The van der Waals surface area contributed by atoms with Crippen LogP contribution in [-0.2, 0) is 9.59 Å². The first-order valence-corrected chi connectivity index (χ1v) is 21.4. The van der Waals surface area contributed by atoms with Gasteiger partial charge in [0.2, 0.25) is 17.5 Å². The van der Waals surface area contributed by atoms with E-state index < -0.39 is 35.5 Å². The third kappa shape index (κ3) is 7.36. The Morgan fingerprint density at radius 3 is 2.27 bits per heavy atom. The molecule has 6 aliphatic rings. The van der Waals surface area contributed by atoms with Crippen molar-refractivity contribution >= 4 is 63.9 Å². The number of benzene rings is 3. The number of piperidine rings is 2. The fourth-order valence-corrected chi connectivity index (χ4v) is 10.7. The van der Waals surface area contributed by atoms with E-state index in [0.717, 1.165) is 74.2 Å². The molecule has 6 heterocycles. The second kappa shape index (κ2) is 15.8. The lowest BCUT2D eigenvalue weighted by Gasteiger charge is -2.40. The molecule has 3 aromatic carbocycles. The van der Waals surface area contributed by atoms with Gasteiger partial charge in [0.1, 0.15) is 11.9 Å². The Morgan fingerprint density at radius 1 is 0.883 bits per heavy atom. The Labute approximate surface area is 353 Å². The van der Waals surface area contributed by atoms with Crippen LogP contribution in [0.5, 0.6) is 0 Å². The van der Waals surface area contributed by atoms with E-state index in [1.54, 1.807) is 0 Å². The van der Waals surface area contributed by atoms with Crippen LogP contribution < -0.4 is 20.0 Å². The summed E-state index contributed by atoms with van der Waals surface area (Å²) in [5.74, 6) is -2.77. The van der Waals surface area contributed by atoms with Crippen molar-refractivity contribution in [3.05, 3.63) is 93.5 Å². The van der Waals surface area contributed by atoms with Crippen LogP contribution in [0.1, 0.15) is 76.5 Å². The second-order valence-electron chi connectivity index (χ2n) is 17.5. The fraction of sp³-hybridized carbons (Fsp3) is 0.467. The van der Waals surface area contributed by atoms with E-state index in [0.29, 0.717) is 67.5 Å². The highest BCUT2D eigenvalue weighted by Gasteiger charge is 2.46. The molecule has 1 spiro atoms. The molecule has 15 heteroatoms. The Balaban J connectivity index is 0.743. The van der Waals surface area contributed by atoms with Gasteiger partial charge in [0, 0.05) is 99.9 Å². The summed E-state index contributed by atoms with van der Waals surface area (Å²) in [5, 5.41) is 2.68. The maximum atomic E-state index is 15.5. The molecule has 1 N–H and O–H groups in total. The zero-order chi connectivity index (χ0) is 41.9. The predicted molar refractivity (Wildman–Crippen MR) is 225 cm³/mol. The van der Waals surface area contributed by atoms with Crippen molar-refractivity contribution in [2.45, 2.75) is 57.5 Å². The van der Waals surface area contributed by atoms with Gasteiger partial charge in [-0.2, -0.15) is 0 Å². The van der Waals surface area contributed by atoms with Gasteiger partial charge in [-0.05, 0) is 98.9 Å². The van der Waals surface area contributed by atoms with Gasteiger partial charge in [-0.1, -0.05) is 17.7 Å². The first-order chi connectivity index (χ1) is 28.9. The Morgan fingerprint density at radius 2 is 1.58 bits per heavy atom. The number of nitrogens with zero attached hydrogens (tertiary/aromatic N) is 7. The van der Waals surface area contributed by atoms with Gasteiger partial charge in [0.05, 0.1) is 23.4 Å². The van der Waals surface area contributed by atoms with E-state index in [1.165, 1.54) is 6.07 Å². The van der Waals surface area contributed by atoms with Crippen molar-refractivity contribution in [3.8, 4) is 0 Å². The molecule has 13 nitrogen and oxygen atoms in total. The van der Waals surface area contributed by atoms with E-state index in [4.69, 9.17) is 18.2 Å². The first kappa shape index (κ1) is 39.9. The molecular formula is C45H48ClFN8O5. The number of piperazine rings is 1. The van der Waals surface area contributed by atoms with Crippen LogP contribution >= 0.6 is 11.6 Å². The molecule has 0 saturated carbocycles. The minimum Gasteiger partial charge on any atom is -0.371 e. The SMILES string of the molecule is [C-]#[N+]c1ccc(N2CC3(CCN(c4ccc(C(=O)N5CC[C@@H](CN6CCN(c7cc8c(cc7F)C(=O)N(C7CCC(=O)NC7=O)C8=O)CC6)C5)cc4)CC3)C[C@@H]2C)cc1Cl. The molecule has 6 aliphatic heterocycles. The maximum Gasteiger partial charge on any atom is 0.262 e. The van der Waals surface area contributed by atoms with Gasteiger partial charge in [0.15, 0.2) is 0 Å². The summed E-state index contributed by atoms with van der Waals surface area (Å²) in [6.07, 6.45) is 4.27. The van der Waals surface area contributed by atoms with Crippen molar-refractivity contribution < 1.29 is 28.4 Å². The second-order valence-corrected chi connectivity index (χ2v) is 17.9. The van der Waals surface area contributed by atoms with Crippen LogP contribution in [0.4, 0.5) is 27.1 Å². The number of halogens is 2. The topological polar surface area (TPSA) is 121 Å². The highest BCUT2D eigenvalue weighted by atomic mass is 35.5. The largest absolute Gasteiger partial charge is 0.371 e. The minimum atomic E-state index is -1.11. The van der Waals surface area contributed by atoms with Crippen molar-refractivity contribution in [1.29, 1.82) is 0 Å². The lowest BCUT2D eigenvalue weighted by molar-refractivity contribution is -0.136. The highest BCUT2D eigenvalue weighted by Crippen LogP contribution is 2.46. The lowest BCUT2D eigenvalue weighted by atomic mass is 9.76. The van der Waals surface area contributed by atoms with Crippen LogP contribution in [0.3, 0.4) is 0 Å². The van der Waals surface area contributed by atoms with Gasteiger partial charge in [0.25, 0.3) is 17.7 Å². The highest BCUT2D eigenvalue weighted by molar-refractivity contribution is 6.33. The third-order valence-corrected chi connectivity index (χ3v) is 14.1. The van der Waals surface area contributed by atoms with Crippen molar-refractivity contribution in [1.82, 2.24) is 20.0 Å². The molecule has 0 radical (unpaired) electrons. The molecular weight excluding hydrogens is 787 g/mol. The smallest absolute Gasteiger partial charge is 0.262 e. The quantitative estimate of drug-likeness (QED) is 0.240. The zero-order valence-electron chi connectivity index (χ0n) is 33.7. The molecule has 5 saturated heterocycles. The Hall–Kier alpha value is -5.52. The number of nitrogens with one attached hydrogen (secondary N) is 1. The van der Waals surface area contributed by atoms with Gasteiger partial charge in [-0.15, -0.1) is 0 Å². The summed E-state index contributed by atoms with van der Waals surface area (Å²) in [4.78, 5) is 79.5. The van der Waals surface area contributed by atoms with Crippen LogP contribution in [0.25, 0.3) is 4.85 Å². The van der Waals surface area contributed by atoms with Gasteiger partial charge in [-0.25, -0.2) is 9.24 Å². The zero-order valence-corrected chi connectivity index (χ0v) is 34.4. The molecule has 0 bridgehead atoms. The number of imide groups is 2. The number of carbonyl (C=O) groups is 5. The number of fused-ring (bicyclic) bond motifs is 1. The number of anilines is 3. The molecule has 0 aliphatic carbocycles. The predicted octanol–water partition coefficient (Wildman–Crippen LogP) is 5.60. The molecule has 5 fully saturated rings. The number of likely N-dealkylation sites (tertiary alicyclic amines) is 1. The lowest BCUT2D eigenvalue weighted by Crippen LogP contribution is -2.54. The van der Waals surface area contributed by atoms with Gasteiger partial charge >= 0.3 is 0 Å². The molecule has 9 rings (SSSR count). The number of carbonyl (C=O) groups excluding carboxylic acids is 5. The van der Waals surface area contributed by atoms with Crippen LogP contribution in [0.2, 0.25) is 5.02 Å². The molecule has 1 unspecified atom stereocenters. The van der Waals surface area contributed by atoms with Crippen LogP contribution in [-0.4, -0.2) is 122 Å². The van der Waals surface area contributed by atoms with Crippen molar-refractivity contribution in [3.63, 3.8) is 0 Å². The van der Waals surface area contributed by atoms with Crippen molar-refractivity contribution in [2.75, 3.05) is 80.1 Å². The summed E-state index contributed by atoms with van der Waals surface area (Å²) in [7, 11) is 0. The summed E-state index contributed by atoms with van der Waals surface area (Å²) in [5.41, 5.74) is 3.88. The van der Waals surface area contributed by atoms with Crippen molar-refractivity contribution in [2.24, 2.45) is 11.3 Å². The molecule has 312 valence electrons.